The van der Waals surface area contributed by atoms with E-state index in [2.05, 4.69) is 29.3 Å². The highest BCUT2D eigenvalue weighted by atomic mass is 16.5. The fraction of sp³-hybridized carbons (Fsp3) is 0.708. The van der Waals surface area contributed by atoms with Gasteiger partial charge in [-0.2, -0.15) is 0 Å². The van der Waals surface area contributed by atoms with Crippen LogP contribution in [0.1, 0.15) is 50.2 Å². The van der Waals surface area contributed by atoms with Crippen molar-refractivity contribution >= 4 is 5.91 Å². The van der Waals surface area contributed by atoms with Crippen LogP contribution in [-0.4, -0.2) is 75.2 Å². The quantitative estimate of drug-likeness (QED) is 0.594. The summed E-state index contributed by atoms with van der Waals surface area (Å²) in [5, 5.41) is 3.20. The van der Waals surface area contributed by atoms with Crippen molar-refractivity contribution in [3.63, 3.8) is 0 Å². The van der Waals surface area contributed by atoms with Gasteiger partial charge >= 0.3 is 0 Å². The van der Waals surface area contributed by atoms with Crippen molar-refractivity contribution in [2.45, 2.75) is 57.9 Å². The van der Waals surface area contributed by atoms with Gasteiger partial charge in [0, 0.05) is 19.1 Å². The number of carbonyl (C=O) groups is 1. The third-order valence-electron chi connectivity index (χ3n) is 6.47. The molecule has 1 aromatic rings. The van der Waals surface area contributed by atoms with Crippen molar-refractivity contribution in [3.05, 3.63) is 23.3 Å². The Morgan fingerprint density at radius 1 is 1.13 bits per heavy atom. The fourth-order valence-corrected chi connectivity index (χ4v) is 4.82. The molecular formula is C24H39N3O3. The summed E-state index contributed by atoms with van der Waals surface area (Å²) in [5.41, 5.74) is 2.79. The number of nitrogens with zero attached hydrogens (tertiary/aromatic N) is 2. The van der Waals surface area contributed by atoms with Crippen LogP contribution in [0.4, 0.5) is 0 Å². The monoisotopic (exact) mass is 417 g/mol. The van der Waals surface area contributed by atoms with Gasteiger partial charge in [0.05, 0.1) is 20.8 Å². The van der Waals surface area contributed by atoms with Crippen molar-refractivity contribution < 1.29 is 14.3 Å². The van der Waals surface area contributed by atoms with E-state index in [1.807, 2.05) is 4.90 Å². The van der Waals surface area contributed by atoms with E-state index >= 15 is 0 Å². The van der Waals surface area contributed by atoms with Crippen LogP contribution in [0.15, 0.2) is 12.1 Å². The zero-order valence-electron chi connectivity index (χ0n) is 19.0. The number of hydrogen-bond donors (Lipinski definition) is 1. The number of rotatable bonds is 10. The highest BCUT2D eigenvalue weighted by molar-refractivity contribution is 5.78. The number of aryl methyl sites for hydroxylation is 1. The average molecular weight is 418 g/mol. The van der Waals surface area contributed by atoms with Crippen LogP contribution in [0.25, 0.3) is 0 Å². The zero-order chi connectivity index (χ0) is 21.3. The fourth-order valence-electron chi connectivity index (χ4n) is 4.82. The van der Waals surface area contributed by atoms with E-state index < -0.39 is 0 Å². The number of methoxy groups -OCH3 is 2. The third-order valence-corrected chi connectivity index (χ3v) is 6.47. The lowest BCUT2D eigenvalue weighted by molar-refractivity contribution is -0.129. The van der Waals surface area contributed by atoms with Gasteiger partial charge < -0.3 is 24.6 Å². The Kier molecular flexibility index (Phi) is 8.82. The molecule has 6 nitrogen and oxygen atoms in total. The number of fused-ring (bicyclic) bond motifs is 1. The molecule has 0 bridgehead atoms. The average Bonchev–Trinajstić information content (AvgIpc) is 2.98. The van der Waals surface area contributed by atoms with Gasteiger partial charge in [-0.1, -0.05) is 6.92 Å². The number of unbranched alkanes of at least 4 members (excludes halogenated alkanes) is 1. The maximum atomic E-state index is 12.1. The maximum Gasteiger partial charge on any atom is 0.236 e. The largest absolute Gasteiger partial charge is 0.493 e. The second kappa shape index (κ2) is 11.6. The molecule has 6 heteroatoms. The third kappa shape index (κ3) is 5.88. The Morgan fingerprint density at radius 3 is 2.63 bits per heavy atom. The number of ether oxygens (including phenoxy) is 2. The molecule has 1 N–H and O–H groups in total. The molecule has 1 aliphatic heterocycles. The van der Waals surface area contributed by atoms with Gasteiger partial charge in [-0.05, 0) is 87.8 Å². The predicted octanol–water partition coefficient (Wildman–Crippen LogP) is 2.88. The van der Waals surface area contributed by atoms with Crippen molar-refractivity contribution in [1.29, 1.82) is 0 Å². The Hall–Kier alpha value is -1.79. The predicted molar refractivity (Wildman–Crippen MR) is 121 cm³/mol. The van der Waals surface area contributed by atoms with Crippen molar-refractivity contribution in [2.75, 3.05) is 53.5 Å². The lowest BCUT2D eigenvalue weighted by atomic mass is 9.86. The second-order valence-corrected chi connectivity index (χ2v) is 8.53. The first-order valence-electron chi connectivity index (χ1n) is 11.6. The summed E-state index contributed by atoms with van der Waals surface area (Å²) < 4.78 is 11.0. The lowest BCUT2D eigenvalue weighted by Crippen LogP contribution is -2.41. The second-order valence-electron chi connectivity index (χ2n) is 8.53. The Morgan fingerprint density at radius 2 is 1.90 bits per heavy atom. The van der Waals surface area contributed by atoms with Gasteiger partial charge in [-0.25, -0.2) is 0 Å². The highest BCUT2D eigenvalue weighted by Crippen LogP contribution is 2.35. The molecule has 0 spiro atoms. The minimum absolute atomic E-state index is 0.256. The van der Waals surface area contributed by atoms with Crippen LogP contribution in [0.2, 0.25) is 0 Å². The van der Waals surface area contributed by atoms with Crippen LogP contribution >= 0.6 is 0 Å². The van der Waals surface area contributed by atoms with Gasteiger partial charge in [-0.15, -0.1) is 0 Å². The molecule has 1 fully saturated rings. The van der Waals surface area contributed by atoms with E-state index in [9.17, 15) is 4.79 Å². The maximum absolute atomic E-state index is 12.1. The summed E-state index contributed by atoms with van der Waals surface area (Å²) in [6, 6.07) is 4.91. The van der Waals surface area contributed by atoms with Gasteiger partial charge in [-0.3, -0.25) is 4.79 Å². The van der Waals surface area contributed by atoms with Crippen LogP contribution in [0.5, 0.6) is 11.5 Å². The summed E-state index contributed by atoms with van der Waals surface area (Å²) in [7, 11) is 3.41. The van der Waals surface area contributed by atoms with Crippen LogP contribution in [-0.2, 0) is 17.6 Å². The van der Waals surface area contributed by atoms with E-state index in [-0.39, 0.29) is 5.91 Å². The molecule has 1 heterocycles. The minimum atomic E-state index is 0.256. The first-order valence-corrected chi connectivity index (χ1v) is 11.6. The molecule has 2 aliphatic rings. The van der Waals surface area contributed by atoms with Crippen molar-refractivity contribution in [3.8, 4) is 11.5 Å². The molecule has 1 aromatic carbocycles. The summed E-state index contributed by atoms with van der Waals surface area (Å²) >= 11 is 0. The smallest absolute Gasteiger partial charge is 0.236 e. The first kappa shape index (κ1) is 22.9. The zero-order valence-corrected chi connectivity index (χ0v) is 19.0. The Labute approximate surface area is 181 Å². The normalized spacial score (nSPS) is 19.5. The van der Waals surface area contributed by atoms with Crippen molar-refractivity contribution in [1.82, 2.24) is 15.1 Å². The molecule has 1 saturated heterocycles. The molecule has 3 rings (SSSR count). The molecule has 1 amide bonds. The number of hydrogen-bond acceptors (Lipinski definition) is 5. The number of nitrogens with one attached hydrogen (secondary N) is 1. The van der Waals surface area contributed by atoms with E-state index in [0.717, 1.165) is 76.3 Å². The SMILES string of the molecule is CCCN(CCCCN1CCCNCC1=O)C1CCc2cc(OC)c(OC)cc2C1. The molecule has 1 atom stereocenters. The lowest BCUT2D eigenvalue weighted by Gasteiger charge is -2.35. The number of carbonyl (C=O) groups excluding carboxylic acids is 1. The first-order chi connectivity index (χ1) is 14.7. The molecule has 1 aliphatic carbocycles. The van der Waals surface area contributed by atoms with Crippen molar-refractivity contribution in [2.24, 2.45) is 0 Å². The summed E-state index contributed by atoms with van der Waals surface area (Å²) in [6.07, 6.45) is 7.82. The highest BCUT2D eigenvalue weighted by Gasteiger charge is 2.25. The van der Waals surface area contributed by atoms with Gasteiger partial charge in [0.2, 0.25) is 5.91 Å². The van der Waals surface area contributed by atoms with Gasteiger partial charge in [0.1, 0.15) is 0 Å². The molecular weight excluding hydrogens is 378 g/mol. The molecule has 0 radical (unpaired) electrons. The molecule has 30 heavy (non-hydrogen) atoms. The van der Waals surface area contributed by atoms with E-state index in [1.165, 1.54) is 24.0 Å². The van der Waals surface area contributed by atoms with Gasteiger partial charge in [0.25, 0.3) is 0 Å². The summed E-state index contributed by atoms with van der Waals surface area (Å²) in [4.78, 5) is 16.9. The van der Waals surface area contributed by atoms with Crippen LogP contribution in [0.3, 0.4) is 0 Å². The topological polar surface area (TPSA) is 54.0 Å². The Bertz CT molecular complexity index is 695. The van der Waals surface area contributed by atoms with Crippen LogP contribution in [0, 0.1) is 0 Å². The minimum Gasteiger partial charge on any atom is -0.493 e. The summed E-state index contributed by atoms with van der Waals surface area (Å²) in [5.74, 6) is 1.92. The molecule has 168 valence electrons. The van der Waals surface area contributed by atoms with E-state index in [0.29, 0.717) is 12.6 Å². The molecule has 0 aromatic heterocycles. The molecule has 0 saturated carbocycles. The number of benzene rings is 1. The Balaban J connectivity index is 1.54. The summed E-state index contributed by atoms with van der Waals surface area (Å²) in [6.45, 7) is 7.76. The van der Waals surface area contributed by atoms with Crippen LogP contribution < -0.4 is 14.8 Å². The standard InChI is InChI=1S/C24H39N3O3/c1-4-11-26(12-5-6-13-27-14-7-10-25-18-24(27)28)21-9-8-19-16-22(29-2)23(30-3)17-20(19)15-21/h16-17,21,25H,4-15,18H2,1-3H3. The van der Waals surface area contributed by atoms with E-state index in [4.69, 9.17) is 9.47 Å². The van der Waals surface area contributed by atoms with Gasteiger partial charge in [0.15, 0.2) is 11.5 Å². The van der Waals surface area contributed by atoms with E-state index in [1.54, 1.807) is 14.2 Å². The number of amides is 1. The molecule has 1 unspecified atom stereocenters.